The number of hydrogen-bond donors (Lipinski definition) is 1. The Morgan fingerprint density at radius 1 is 1.00 bits per heavy atom. The minimum absolute atomic E-state index is 0.659. The molecule has 2 aromatic carbocycles. The first-order valence-electron chi connectivity index (χ1n) is 6.12. The van der Waals surface area contributed by atoms with E-state index in [0.29, 0.717) is 5.57 Å². The van der Waals surface area contributed by atoms with Crippen molar-refractivity contribution in [2.75, 3.05) is 0 Å². The van der Waals surface area contributed by atoms with Crippen LogP contribution in [0.4, 0.5) is 0 Å². The van der Waals surface area contributed by atoms with E-state index in [4.69, 9.17) is 0 Å². The number of nitriles is 1. The Morgan fingerprint density at radius 2 is 1.74 bits per heavy atom. The Morgan fingerprint density at radius 3 is 2.47 bits per heavy atom. The Hall–Kier alpha value is -2.79. The number of fused-ring (bicyclic) bond motifs is 1. The average Bonchev–Trinajstić information content (AvgIpc) is 2.88. The van der Waals surface area contributed by atoms with Crippen molar-refractivity contribution < 1.29 is 0 Å². The molecule has 0 amide bonds. The van der Waals surface area contributed by atoms with Gasteiger partial charge in [-0.1, -0.05) is 48.5 Å². The van der Waals surface area contributed by atoms with Gasteiger partial charge in [0.1, 0.15) is 0 Å². The Kier molecular flexibility index (Phi) is 2.88. The van der Waals surface area contributed by atoms with Crippen LogP contribution in [0.15, 0.2) is 60.7 Å². The van der Waals surface area contributed by atoms with Crippen LogP contribution in [0, 0.1) is 11.3 Å². The van der Waals surface area contributed by atoms with E-state index in [-0.39, 0.29) is 0 Å². The first-order valence-corrected chi connectivity index (χ1v) is 6.12. The minimum atomic E-state index is 0.659. The summed E-state index contributed by atoms with van der Waals surface area (Å²) in [5.74, 6) is 0. The molecule has 0 aliphatic rings. The van der Waals surface area contributed by atoms with Gasteiger partial charge in [-0.25, -0.2) is 0 Å². The summed E-state index contributed by atoms with van der Waals surface area (Å²) in [6.07, 6.45) is 1.88. The van der Waals surface area contributed by atoms with E-state index in [9.17, 15) is 5.26 Å². The van der Waals surface area contributed by atoms with Gasteiger partial charge in [0, 0.05) is 11.2 Å². The summed E-state index contributed by atoms with van der Waals surface area (Å²) < 4.78 is 0. The van der Waals surface area contributed by atoms with Gasteiger partial charge in [-0.05, 0) is 29.2 Å². The first kappa shape index (κ1) is 11.3. The number of benzene rings is 2. The van der Waals surface area contributed by atoms with Crippen molar-refractivity contribution in [2.45, 2.75) is 0 Å². The molecule has 2 nitrogen and oxygen atoms in total. The van der Waals surface area contributed by atoms with Crippen molar-refractivity contribution >= 4 is 22.6 Å². The van der Waals surface area contributed by atoms with E-state index in [0.717, 1.165) is 22.2 Å². The molecular formula is C17H12N2. The SMILES string of the molecule is N#C/C(=C/c1cc2ccccc2[nH]1)c1ccccc1. The number of allylic oxidation sites excluding steroid dienone is 1. The highest BCUT2D eigenvalue weighted by molar-refractivity contribution is 5.92. The number of aromatic nitrogens is 1. The fourth-order valence-corrected chi connectivity index (χ4v) is 2.13. The summed E-state index contributed by atoms with van der Waals surface area (Å²) in [4.78, 5) is 3.30. The minimum Gasteiger partial charge on any atom is -0.355 e. The number of nitrogens with zero attached hydrogens (tertiary/aromatic N) is 1. The molecule has 0 saturated carbocycles. The Balaban J connectivity index is 2.06. The van der Waals surface area contributed by atoms with Crippen LogP contribution in [0.5, 0.6) is 0 Å². The second-order valence-electron chi connectivity index (χ2n) is 4.35. The van der Waals surface area contributed by atoms with Gasteiger partial charge in [0.25, 0.3) is 0 Å². The summed E-state index contributed by atoms with van der Waals surface area (Å²) in [6, 6.07) is 22.1. The van der Waals surface area contributed by atoms with E-state index >= 15 is 0 Å². The highest BCUT2D eigenvalue weighted by atomic mass is 14.7. The molecular weight excluding hydrogens is 232 g/mol. The van der Waals surface area contributed by atoms with Crippen molar-refractivity contribution in [1.29, 1.82) is 5.26 Å². The zero-order valence-corrected chi connectivity index (χ0v) is 10.3. The van der Waals surface area contributed by atoms with E-state index in [1.807, 2.05) is 54.6 Å². The predicted octanol–water partition coefficient (Wildman–Crippen LogP) is 4.23. The summed E-state index contributed by atoms with van der Waals surface area (Å²) in [7, 11) is 0. The largest absolute Gasteiger partial charge is 0.355 e. The van der Waals surface area contributed by atoms with E-state index in [1.54, 1.807) is 0 Å². The lowest BCUT2D eigenvalue weighted by atomic mass is 10.1. The lowest BCUT2D eigenvalue weighted by molar-refractivity contribution is 1.43. The van der Waals surface area contributed by atoms with E-state index in [2.05, 4.69) is 23.2 Å². The van der Waals surface area contributed by atoms with Gasteiger partial charge in [0.15, 0.2) is 0 Å². The second kappa shape index (κ2) is 4.83. The van der Waals surface area contributed by atoms with Crippen LogP contribution in [-0.4, -0.2) is 4.98 Å². The summed E-state index contributed by atoms with van der Waals surface area (Å²) in [5, 5.41) is 10.4. The summed E-state index contributed by atoms with van der Waals surface area (Å²) in [6.45, 7) is 0. The number of nitrogens with one attached hydrogen (secondary N) is 1. The molecule has 0 aliphatic carbocycles. The lowest BCUT2D eigenvalue weighted by Crippen LogP contribution is -1.80. The third kappa shape index (κ3) is 2.27. The highest BCUT2D eigenvalue weighted by Gasteiger charge is 2.02. The van der Waals surface area contributed by atoms with Crippen LogP contribution >= 0.6 is 0 Å². The highest BCUT2D eigenvalue weighted by Crippen LogP contribution is 2.20. The topological polar surface area (TPSA) is 39.6 Å². The average molecular weight is 244 g/mol. The molecule has 0 bridgehead atoms. The molecule has 0 saturated heterocycles. The van der Waals surface area contributed by atoms with Crippen molar-refractivity contribution in [3.05, 3.63) is 71.9 Å². The van der Waals surface area contributed by atoms with Gasteiger partial charge in [0.05, 0.1) is 11.6 Å². The molecule has 90 valence electrons. The number of rotatable bonds is 2. The van der Waals surface area contributed by atoms with Gasteiger partial charge < -0.3 is 4.98 Å². The van der Waals surface area contributed by atoms with E-state index in [1.165, 1.54) is 0 Å². The van der Waals surface area contributed by atoms with Crippen LogP contribution in [-0.2, 0) is 0 Å². The van der Waals surface area contributed by atoms with Crippen molar-refractivity contribution in [3.8, 4) is 6.07 Å². The number of H-pyrrole nitrogens is 1. The zero-order valence-electron chi connectivity index (χ0n) is 10.3. The molecule has 3 aromatic rings. The third-order valence-electron chi connectivity index (χ3n) is 3.06. The molecule has 2 heteroatoms. The maximum atomic E-state index is 9.28. The normalized spacial score (nSPS) is 11.4. The van der Waals surface area contributed by atoms with Crippen LogP contribution in [0.25, 0.3) is 22.6 Å². The molecule has 3 rings (SSSR count). The van der Waals surface area contributed by atoms with Crippen molar-refractivity contribution in [3.63, 3.8) is 0 Å². The van der Waals surface area contributed by atoms with Gasteiger partial charge >= 0.3 is 0 Å². The standard InChI is InChI=1S/C17H12N2/c18-12-15(13-6-2-1-3-7-13)11-16-10-14-8-4-5-9-17(14)19-16/h1-11,19H/b15-11-. The first-order chi connectivity index (χ1) is 9.36. The van der Waals surface area contributed by atoms with Gasteiger partial charge in [0.2, 0.25) is 0 Å². The molecule has 0 radical (unpaired) electrons. The smallest absolute Gasteiger partial charge is 0.0998 e. The summed E-state index contributed by atoms with van der Waals surface area (Å²) >= 11 is 0. The maximum Gasteiger partial charge on any atom is 0.0998 e. The van der Waals surface area contributed by atoms with Crippen molar-refractivity contribution in [2.24, 2.45) is 0 Å². The fraction of sp³-hybridized carbons (Fsp3) is 0. The molecule has 1 heterocycles. The molecule has 1 N–H and O–H groups in total. The number of hydrogen-bond acceptors (Lipinski definition) is 1. The Labute approximate surface area is 111 Å². The van der Waals surface area contributed by atoms with E-state index < -0.39 is 0 Å². The lowest BCUT2D eigenvalue weighted by Gasteiger charge is -1.97. The molecule has 0 unspecified atom stereocenters. The van der Waals surface area contributed by atoms with Crippen LogP contribution in [0.3, 0.4) is 0 Å². The number of aromatic amines is 1. The Bertz CT molecular complexity index is 741. The summed E-state index contributed by atoms with van der Waals surface area (Å²) in [5.41, 5.74) is 3.62. The quantitative estimate of drug-likeness (QED) is 0.673. The molecule has 0 aliphatic heterocycles. The van der Waals surface area contributed by atoms with Gasteiger partial charge in [-0.2, -0.15) is 5.26 Å². The molecule has 0 fully saturated rings. The molecule has 1 aromatic heterocycles. The zero-order chi connectivity index (χ0) is 13.1. The predicted molar refractivity (Wildman–Crippen MR) is 78.2 cm³/mol. The van der Waals surface area contributed by atoms with Gasteiger partial charge in [-0.3, -0.25) is 0 Å². The monoisotopic (exact) mass is 244 g/mol. The van der Waals surface area contributed by atoms with Crippen LogP contribution < -0.4 is 0 Å². The molecule has 0 spiro atoms. The van der Waals surface area contributed by atoms with Crippen LogP contribution in [0.1, 0.15) is 11.3 Å². The van der Waals surface area contributed by atoms with Crippen LogP contribution in [0.2, 0.25) is 0 Å². The van der Waals surface area contributed by atoms with Gasteiger partial charge in [-0.15, -0.1) is 0 Å². The number of para-hydroxylation sites is 1. The molecule has 19 heavy (non-hydrogen) atoms. The third-order valence-corrected chi connectivity index (χ3v) is 3.06. The fourth-order valence-electron chi connectivity index (χ4n) is 2.13. The molecule has 0 atom stereocenters. The van der Waals surface area contributed by atoms with Crippen molar-refractivity contribution in [1.82, 2.24) is 4.98 Å². The second-order valence-corrected chi connectivity index (χ2v) is 4.35. The maximum absolute atomic E-state index is 9.28.